The van der Waals surface area contributed by atoms with E-state index in [1.807, 2.05) is 0 Å². The third-order valence-corrected chi connectivity index (χ3v) is 5.18. The molecule has 1 rings (SSSR count). The van der Waals surface area contributed by atoms with E-state index in [9.17, 15) is 13.5 Å². The van der Waals surface area contributed by atoms with Crippen LogP contribution in [0.4, 0.5) is 0 Å². The zero-order valence-electron chi connectivity index (χ0n) is 14.2. The fourth-order valence-electron chi connectivity index (χ4n) is 2.75. The lowest BCUT2D eigenvalue weighted by Crippen LogP contribution is -2.07. The first-order valence-corrected chi connectivity index (χ1v) is 10.0. The lowest BCUT2D eigenvalue weighted by Gasteiger charge is -2.14. The second kappa shape index (κ2) is 10.1. The van der Waals surface area contributed by atoms with E-state index in [2.05, 4.69) is 13.8 Å². The van der Waals surface area contributed by atoms with Gasteiger partial charge in [0.2, 0.25) is 0 Å². The minimum atomic E-state index is -4.12. The number of rotatable bonds is 11. The van der Waals surface area contributed by atoms with Gasteiger partial charge in [-0.05, 0) is 42.9 Å². The van der Waals surface area contributed by atoms with Crippen LogP contribution in [0.2, 0.25) is 0 Å². The van der Waals surface area contributed by atoms with Gasteiger partial charge in [0.05, 0.1) is 11.0 Å². The Morgan fingerprint density at radius 1 is 0.957 bits per heavy atom. The van der Waals surface area contributed by atoms with Gasteiger partial charge in [-0.2, -0.15) is 8.42 Å². The summed E-state index contributed by atoms with van der Waals surface area (Å²) in [6.07, 6.45) is 8.16. The van der Waals surface area contributed by atoms with Crippen LogP contribution in [-0.2, 0) is 10.1 Å². The molecule has 0 fully saturated rings. The third kappa shape index (κ3) is 7.95. The minimum absolute atomic E-state index is 0.0732. The first kappa shape index (κ1) is 20.1. The number of benzene rings is 1. The van der Waals surface area contributed by atoms with Gasteiger partial charge < -0.3 is 5.11 Å². The standard InChI is InChI=1S/C18H30O4S/c1-3-4-5-6-9-17(19)10-7-8-15(2)16-11-13-18(14-12-16)23(20,21)22/h11-15,17,19H,3-10H2,1-2H3,(H,20,21,22). The van der Waals surface area contributed by atoms with Crippen molar-refractivity contribution in [2.45, 2.75) is 82.1 Å². The Hall–Kier alpha value is -0.910. The molecule has 132 valence electrons. The Kier molecular flexibility index (Phi) is 8.81. The predicted octanol–water partition coefficient (Wildman–Crippen LogP) is 4.54. The summed E-state index contributed by atoms with van der Waals surface area (Å²) in [6, 6.07) is 6.36. The molecule has 0 radical (unpaired) electrons. The average molecular weight is 343 g/mol. The molecule has 0 aliphatic rings. The number of hydrogen-bond donors (Lipinski definition) is 2. The molecule has 0 amide bonds. The Morgan fingerprint density at radius 2 is 1.57 bits per heavy atom. The van der Waals surface area contributed by atoms with Crippen LogP contribution in [0.3, 0.4) is 0 Å². The summed E-state index contributed by atoms with van der Waals surface area (Å²) < 4.78 is 31.0. The molecule has 0 spiro atoms. The highest BCUT2D eigenvalue weighted by Crippen LogP contribution is 2.23. The second-order valence-corrected chi connectivity index (χ2v) is 7.80. The average Bonchev–Trinajstić information content (AvgIpc) is 2.51. The van der Waals surface area contributed by atoms with E-state index in [0.29, 0.717) is 5.92 Å². The number of aliphatic hydroxyl groups is 1. The maximum absolute atomic E-state index is 11.0. The van der Waals surface area contributed by atoms with Crippen molar-refractivity contribution in [3.63, 3.8) is 0 Å². The largest absolute Gasteiger partial charge is 0.393 e. The second-order valence-electron chi connectivity index (χ2n) is 6.38. The van der Waals surface area contributed by atoms with Crippen LogP contribution in [0.15, 0.2) is 29.2 Å². The number of aliphatic hydroxyl groups excluding tert-OH is 1. The van der Waals surface area contributed by atoms with E-state index in [1.54, 1.807) is 12.1 Å². The van der Waals surface area contributed by atoms with Crippen LogP contribution in [0.1, 0.15) is 76.7 Å². The summed E-state index contributed by atoms with van der Waals surface area (Å²) >= 11 is 0. The van der Waals surface area contributed by atoms with E-state index in [0.717, 1.165) is 37.7 Å². The van der Waals surface area contributed by atoms with Gasteiger partial charge in [-0.25, -0.2) is 0 Å². The molecule has 0 bridgehead atoms. The molecular formula is C18H30O4S. The maximum atomic E-state index is 11.0. The quantitative estimate of drug-likeness (QED) is 0.457. The summed E-state index contributed by atoms with van der Waals surface area (Å²) in [7, 11) is -4.12. The van der Waals surface area contributed by atoms with Crippen molar-refractivity contribution in [2.24, 2.45) is 0 Å². The summed E-state index contributed by atoms with van der Waals surface area (Å²) in [5, 5.41) is 9.96. The summed E-state index contributed by atoms with van der Waals surface area (Å²) in [6.45, 7) is 4.27. The van der Waals surface area contributed by atoms with Crippen LogP contribution < -0.4 is 0 Å². The van der Waals surface area contributed by atoms with E-state index in [1.165, 1.54) is 31.4 Å². The van der Waals surface area contributed by atoms with Crippen molar-refractivity contribution in [1.82, 2.24) is 0 Å². The van der Waals surface area contributed by atoms with E-state index in [4.69, 9.17) is 4.55 Å². The Bertz CT molecular complexity index is 537. The van der Waals surface area contributed by atoms with Crippen LogP contribution in [-0.4, -0.2) is 24.2 Å². The van der Waals surface area contributed by atoms with Crippen molar-refractivity contribution >= 4 is 10.1 Å². The summed E-state index contributed by atoms with van der Waals surface area (Å²) in [5.41, 5.74) is 1.05. The van der Waals surface area contributed by atoms with Gasteiger partial charge >= 0.3 is 0 Å². The minimum Gasteiger partial charge on any atom is -0.393 e. The normalized spacial score (nSPS) is 14.6. The number of hydrogen-bond acceptors (Lipinski definition) is 3. The molecule has 0 aliphatic carbocycles. The molecule has 1 aromatic carbocycles. The van der Waals surface area contributed by atoms with Crippen LogP contribution in [0, 0.1) is 0 Å². The Balaban J connectivity index is 2.32. The van der Waals surface area contributed by atoms with Gasteiger partial charge in [0, 0.05) is 0 Å². The van der Waals surface area contributed by atoms with Crippen LogP contribution >= 0.6 is 0 Å². The number of unbranched alkanes of at least 4 members (excludes halogenated alkanes) is 3. The van der Waals surface area contributed by atoms with E-state index in [-0.39, 0.29) is 11.0 Å². The molecular weight excluding hydrogens is 312 g/mol. The molecule has 0 saturated heterocycles. The first-order chi connectivity index (χ1) is 10.8. The summed E-state index contributed by atoms with van der Waals surface area (Å²) in [5.74, 6) is 0.303. The Labute approximate surface area is 140 Å². The highest BCUT2D eigenvalue weighted by atomic mass is 32.2. The monoisotopic (exact) mass is 342 g/mol. The zero-order valence-corrected chi connectivity index (χ0v) is 15.1. The van der Waals surface area contributed by atoms with E-state index >= 15 is 0 Å². The lowest BCUT2D eigenvalue weighted by atomic mass is 9.94. The lowest BCUT2D eigenvalue weighted by molar-refractivity contribution is 0.147. The molecule has 1 aromatic rings. The SMILES string of the molecule is CCCCCCC(O)CCCC(C)c1ccc(S(=O)(=O)O)cc1. The molecule has 0 saturated carbocycles. The van der Waals surface area contributed by atoms with Gasteiger partial charge in [0.1, 0.15) is 0 Å². The predicted molar refractivity (Wildman–Crippen MR) is 93.3 cm³/mol. The first-order valence-electron chi connectivity index (χ1n) is 8.60. The van der Waals surface area contributed by atoms with Crippen molar-refractivity contribution in [2.75, 3.05) is 0 Å². The van der Waals surface area contributed by atoms with Crippen molar-refractivity contribution in [3.8, 4) is 0 Å². The van der Waals surface area contributed by atoms with Crippen molar-refractivity contribution in [3.05, 3.63) is 29.8 Å². The molecule has 0 aliphatic heterocycles. The molecule has 4 nitrogen and oxygen atoms in total. The van der Waals surface area contributed by atoms with Gasteiger partial charge in [0.15, 0.2) is 0 Å². The molecule has 0 heterocycles. The third-order valence-electron chi connectivity index (χ3n) is 4.31. The topological polar surface area (TPSA) is 74.6 Å². The molecule has 2 N–H and O–H groups in total. The van der Waals surface area contributed by atoms with Crippen LogP contribution in [0.25, 0.3) is 0 Å². The fourth-order valence-corrected chi connectivity index (χ4v) is 3.23. The maximum Gasteiger partial charge on any atom is 0.294 e. The van der Waals surface area contributed by atoms with Gasteiger partial charge in [-0.15, -0.1) is 0 Å². The molecule has 23 heavy (non-hydrogen) atoms. The molecule has 2 unspecified atom stereocenters. The van der Waals surface area contributed by atoms with Gasteiger partial charge in [-0.1, -0.05) is 58.1 Å². The molecule has 0 aromatic heterocycles. The van der Waals surface area contributed by atoms with Crippen LogP contribution in [0.5, 0.6) is 0 Å². The molecule has 5 heteroatoms. The highest BCUT2D eigenvalue weighted by Gasteiger charge is 2.12. The molecule has 2 atom stereocenters. The smallest absolute Gasteiger partial charge is 0.294 e. The van der Waals surface area contributed by atoms with Crippen molar-refractivity contribution in [1.29, 1.82) is 0 Å². The summed E-state index contributed by atoms with van der Waals surface area (Å²) in [4.78, 5) is -0.0732. The zero-order chi connectivity index (χ0) is 17.3. The van der Waals surface area contributed by atoms with Gasteiger partial charge in [0.25, 0.3) is 10.1 Å². The fraction of sp³-hybridized carbons (Fsp3) is 0.667. The van der Waals surface area contributed by atoms with Crippen molar-refractivity contribution < 1.29 is 18.1 Å². The van der Waals surface area contributed by atoms with E-state index < -0.39 is 10.1 Å². The highest BCUT2D eigenvalue weighted by molar-refractivity contribution is 7.85. The van der Waals surface area contributed by atoms with Gasteiger partial charge in [-0.3, -0.25) is 4.55 Å². The Morgan fingerprint density at radius 3 is 2.13 bits per heavy atom.